The van der Waals surface area contributed by atoms with Crippen molar-refractivity contribution in [3.63, 3.8) is 0 Å². The number of amides is 1. The minimum Gasteiger partial charge on any atom is -0.481 e. The normalized spacial score (nSPS) is 19.0. The van der Waals surface area contributed by atoms with E-state index in [9.17, 15) is 4.79 Å². The number of benzene rings is 1. The molecule has 2 N–H and O–H groups in total. The Kier molecular flexibility index (Phi) is 6.82. The van der Waals surface area contributed by atoms with Crippen molar-refractivity contribution in [1.82, 2.24) is 10.6 Å². The molecule has 1 aromatic carbocycles. The third-order valence-corrected chi connectivity index (χ3v) is 3.39. The van der Waals surface area contributed by atoms with Crippen molar-refractivity contribution in [3.05, 3.63) is 29.8 Å². The summed E-state index contributed by atoms with van der Waals surface area (Å²) in [6.07, 6.45) is 1.85. The number of hydrogen-bond acceptors (Lipinski definition) is 3. The van der Waals surface area contributed by atoms with E-state index < -0.39 is 6.10 Å². The maximum absolute atomic E-state index is 11.9. The minimum atomic E-state index is -0.468. The van der Waals surface area contributed by atoms with E-state index in [-0.39, 0.29) is 18.3 Å². The Labute approximate surface area is 126 Å². The Bertz CT molecular complexity index is 416. The minimum absolute atomic E-state index is 0. The molecule has 0 radical (unpaired) electrons. The van der Waals surface area contributed by atoms with Gasteiger partial charge in [-0.2, -0.15) is 0 Å². The smallest absolute Gasteiger partial charge is 0.260 e. The molecule has 0 aliphatic carbocycles. The Balaban J connectivity index is 0.00000200. The van der Waals surface area contributed by atoms with Gasteiger partial charge < -0.3 is 15.4 Å². The summed E-state index contributed by atoms with van der Waals surface area (Å²) in [5, 5.41) is 6.28. The van der Waals surface area contributed by atoms with E-state index >= 15 is 0 Å². The summed E-state index contributed by atoms with van der Waals surface area (Å²) in [5.41, 5.74) is 1.18. The molecule has 2 atom stereocenters. The Hall–Kier alpha value is -1.26. The van der Waals surface area contributed by atoms with E-state index in [1.165, 1.54) is 12.0 Å². The Morgan fingerprint density at radius 3 is 2.75 bits per heavy atom. The van der Waals surface area contributed by atoms with Gasteiger partial charge in [0.2, 0.25) is 0 Å². The van der Waals surface area contributed by atoms with Crippen LogP contribution in [0.1, 0.15) is 25.3 Å². The van der Waals surface area contributed by atoms with Crippen LogP contribution in [0.15, 0.2) is 24.3 Å². The molecule has 1 heterocycles. The zero-order chi connectivity index (χ0) is 13.7. The fourth-order valence-corrected chi connectivity index (χ4v) is 2.17. The molecule has 1 saturated heterocycles. The van der Waals surface area contributed by atoms with Gasteiger partial charge in [0.1, 0.15) is 5.75 Å². The second kappa shape index (κ2) is 8.12. The molecule has 4 nitrogen and oxygen atoms in total. The molecule has 0 aromatic heterocycles. The largest absolute Gasteiger partial charge is 0.481 e. The molecule has 1 fully saturated rings. The number of aryl methyl sites for hydroxylation is 1. The van der Waals surface area contributed by atoms with Crippen molar-refractivity contribution < 1.29 is 9.53 Å². The van der Waals surface area contributed by atoms with Crippen LogP contribution >= 0.6 is 12.4 Å². The molecule has 112 valence electrons. The summed E-state index contributed by atoms with van der Waals surface area (Å²) in [5.74, 6) is 0.668. The van der Waals surface area contributed by atoms with Crippen molar-refractivity contribution in [2.75, 3.05) is 13.1 Å². The third-order valence-electron chi connectivity index (χ3n) is 3.39. The Morgan fingerprint density at radius 2 is 2.15 bits per heavy atom. The van der Waals surface area contributed by atoms with Crippen LogP contribution in [-0.2, 0) is 4.79 Å². The standard InChI is InChI=1S/C15H22N2O2.ClH/c1-11-5-7-14(8-6-11)19-12(2)15(18)17-10-13-4-3-9-16-13;/h5-8,12-13,16H,3-4,9-10H2,1-2H3,(H,17,18);1H. The maximum atomic E-state index is 11.9. The first-order chi connectivity index (χ1) is 9.15. The fourth-order valence-electron chi connectivity index (χ4n) is 2.17. The molecular weight excluding hydrogens is 276 g/mol. The van der Waals surface area contributed by atoms with Gasteiger partial charge in [-0.15, -0.1) is 12.4 Å². The van der Waals surface area contributed by atoms with Crippen LogP contribution in [0.4, 0.5) is 0 Å². The van der Waals surface area contributed by atoms with Gasteiger partial charge in [0, 0.05) is 12.6 Å². The lowest BCUT2D eigenvalue weighted by atomic mass is 10.2. The average Bonchev–Trinajstić information content (AvgIpc) is 2.91. The van der Waals surface area contributed by atoms with Crippen molar-refractivity contribution in [2.24, 2.45) is 0 Å². The van der Waals surface area contributed by atoms with E-state index in [0.717, 1.165) is 18.7 Å². The van der Waals surface area contributed by atoms with Crippen molar-refractivity contribution in [1.29, 1.82) is 0 Å². The molecule has 0 bridgehead atoms. The van der Waals surface area contributed by atoms with Gasteiger partial charge >= 0.3 is 0 Å². The summed E-state index contributed by atoms with van der Waals surface area (Å²) in [4.78, 5) is 11.9. The monoisotopic (exact) mass is 298 g/mol. The van der Waals surface area contributed by atoms with E-state index in [1.54, 1.807) is 6.92 Å². The summed E-state index contributed by atoms with van der Waals surface area (Å²) < 4.78 is 5.61. The molecular formula is C15H23ClN2O2. The van der Waals surface area contributed by atoms with Gasteiger partial charge in [-0.1, -0.05) is 17.7 Å². The maximum Gasteiger partial charge on any atom is 0.260 e. The van der Waals surface area contributed by atoms with Gasteiger partial charge in [0.05, 0.1) is 0 Å². The van der Waals surface area contributed by atoms with E-state index in [0.29, 0.717) is 12.6 Å². The van der Waals surface area contributed by atoms with E-state index in [2.05, 4.69) is 10.6 Å². The van der Waals surface area contributed by atoms with Crippen LogP contribution in [0.3, 0.4) is 0 Å². The number of nitrogens with one attached hydrogen (secondary N) is 2. The second-order valence-electron chi connectivity index (χ2n) is 5.11. The molecule has 1 aromatic rings. The number of carbonyl (C=O) groups excluding carboxylic acids is 1. The van der Waals surface area contributed by atoms with Crippen LogP contribution in [0.2, 0.25) is 0 Å². The molecule has 2 unspecified atom stereocenters. The molecule has 0 spiro atoms. The first kappa shape index (κ1) is 16.8. The summed E-state index contributed by atoms with van der Waals surface area (Å²) in [7, 11) is 0. The fraction of sp³-hybridized carbons (Fsp3) is 0.533. The summed E-state index contributed by atoms with van der Waals surface area (Å²) in [6, 6.07) is 8.13. The number of hydrogen-bond donors (Lipinski definition) is 2. The Morgan fingerprint density at radius 1 is 1.45 bits per heavy atom. The molecule has 5 heteroatoms. The first-order valence-corrected chi connectivity index (χ1v) is 6.89. The third kappa shape index (κ3) is 5.02. The van der Waals surface area contributed by atoms with Gasteiger partial charge in [-0.25, -0.2) is 0 Å². The van der Waals surface area contributed by atoms with Gasteiger partial charge in [-0.3, -0.25) is 4.79 Å². The highest BCUT2D eigenvalue weighted by molar-refractivity contribution is 5.85. The predicted octanol–water partition coefficient (Wildman–Crippen LogP) is 2.05. The van der Waals surface area contributed by atoms with Crippen LogP contribution in [-0.4, -0.2) is 31.1 Å². The lowest BCUT2D eigenvalue weighted by molar-refractivity contribution is -0.127. The van der Waals surface area contributed by atoms with Gasteiger partial charge in [0.25, 0.3) is 5.91 Å². The van der Waals surface area contributed by atoms with E-state index in [4.69, 9.17) is 4.74 Å². The second-order valence-corrected chi connectivity index (χ2v) is 5.11. The van der Waals surface area contributed by atoms with Crippen LogP contribution < -0.4 is 15.4 Å². The molecule has 1 aliphatic rings. The van der Waals surface area contributed by atoms with Crippen molar-refractivity contribution in [3.8, 4) is 5.75 Å². The first-order valence-electron chi connectivity index (χ1n) is 6.89. The molecule has 20 heavy (non-hydrogen) atoms. The lowest BCUT2D eigenvalue weighted by Gasteiger charge is -2.17. The average molecular weight is 299 g/mol. The van der Waals surface area contributed by atoms with Crippen molar-refractivity contribution >= 4 is 18.3 Å². The quantitative estimate of drug-likeness (QED) is 0.875. The van der Waals surface area contributed by atoms with Crippen LogP contribution in [0, 0.1) is 6.92 Å². The SMILES string of the molecule is Cc1ccc(OC(C)C(=O)NCC2CCCN2)cc1.Cl. The molecule has 2 rings (SSSR count). The molecule has 0 saturated carbocycles. The highest BCUT2D eigenvalue weighted by Gasteiger charge is 2.18. The number of carbonyl (C=O) groups is 1. The van der Waals surface area contributed by atoms with Gasteiger partial charge in [-0.05, 0) is 45.4 Å². The number of ether oxygens (including phenoxy) is 1. The predicted molar refractivity (Wildman–Crippen MR) is 82.6 cm³/mol. The topological polar surface area (TPSA) is 50.4 Å². The van der Waals surface area contributed by atoms with Crippen molar-refractivity contribution in [2.45, 2.75) is 38.8 Å². The lowest BCUT2D eigenvalue weighted by Crippen LogP contribution is -2.42. The highest BCUT2D eigenvalue weighted by Crippen LogP contribution is 2.13. The van der Waals surface area contributed by atoms with Gasteiger partial charge in [0.15, 0.2) is 6.10 Å². The number of halogens is 1. The van der Waals surface area contributed by atoms with E-state index in [1.807, 2.05) is 31.2 Å². The van der Waals surface area contributed by atoms with Crippen LogP contribution in [0.5, 0.6) is 5.75 Å². The molecule has 1 aliphatic heterocycles. The summed E-state index contributed by atoms with van der Waals surface area (Å²) >= 11 is 0. The zero-order valence-electron chi connectivity index (χ0n) is 12.0. The zero-order valence-corrected chi connectivity index (χ0v) is 12.8. The summed E-state index contributed by atoms with van der Waals surface area (Å²) in [6.45, 7) is 5.53. The number of rotatable bonds is 5. The van der Waals surface area contributed by atoms with Crippen LogP contribution in [0.25, 0.3) is 0 Å². The highest BCUT2D eigenvalue weighted by atomic mass is 35.5. The molecule has 1 amide bonds.